The first-order valence-corrected chi connectivity index (χ1v) is 4.61. The van der Waals surface area contributed by atoms with Crippen molar-refractivity contribution in [3.8, 4) is 0 Å². The van der Waals surface area contributed by atoms with Crippen molar-refractivity contribution in [2.75, 3.05) is 6.61 Å². The monoisotopic (exact) mass is 187 g/mol. The van der Waals surface area contributed by atoms with Crippen LogP contribution < -0.4 is 11.1 Å². The van der Waals surface area contributed by atoms with Crippen LogP contribution in [0.15, 0.2) is 4.99 Å². The van der Waals surface area contributed by atoms with Gasteiger partial charge in [0.15, 0.2) is 5.96 Å². The fraction of sp³-hybridized carbons (Fsp3) is 0.889. The van der Waals surface area contributed by atoms with E-state index in [-0.39, 0.29) is 18.2 Å². The zero-order valence-electron chi connectivity index (χ0n) is 8.96. The van der Waals surface area contributed by atoms with Gasteiger partial charge in [0.25, 0.3) is 0 Å². The average molecular weight is 187 g/mol. The second kappa shape index (κ2) is 5.07. The maximum atomic E-state index is 8.88. The molecule has 0 bridgehead atoms. The molecule has 0 spiro atoms. The number of aliphatic hydroxyl groups is 1. The number of nitrogens with zero attached hydrogens (tertiary/aromatic N) is 1. The second-order valence-electron chi connectivity index (χ2n) is 4.13. The van der Waals surface area contributed by atoms with Crippen LogP contribution in [0.2, 0.25) is 0 Å². The molecule has 0 radical (unpaired) electrons. The molecule has 0 rings (SSSR count). The van der Waals surface area contributed by atoms with Crippen molar-refractivity contribution >= 4 is 5.96 Å². The highest BCUT2D eigenvalue weighted by atomic mass is 16.3. The third-order valence-electron chi connectivity index (χ3n) is 1.51. The van der Waals surface area contributed by atoms with Crippen LogP contribution >= 0.6 is 0 Å². The standard InChI is InChI=1S/C9H21N3O/c1-5-7(6-13)11-8(10)12-9(2,3)4/h7,13H,5-6H2,1-4H3,(H3,10,11,12). The van der Waals surface area contributed by atoms with E-state index in [1.165, 1.54) is 0 Å². The highest BCUT2D eigenvalue weighted by Crippen LogP contribution is 1.99. The number of hydrogen-bond acceptors (Lipinski definition) is 2. The molecule has 0 saturated carbocycles. The van der Waals surface area contributed by atoms with Crippen molar-refractivity contribution in [3.63, 3.8) is 0 Å². The van der Waals surface area contributed by atoms with Crippen molar-refractivity contribution < 1.29 is 5.11 Å². The number of nitrogens with one attached hydrogen (secondary N) is 1. The Morgan fingerprint density at radius 3 is 2.38 bits per heavy atom. The zero-order chi connectivity index (χ0) is 10.5. The van der Waals surface area contributed by atoms with Crippen molar-refractivity contribution in [2.45, 2.75) is 45.7 Å². The molecule has 0 saturated heterocycles. The smallest absolute Gasteiger partial charge is 0.189 e. The molecular weight excluding hydrogens is 166 g/mol. The lowest BCUT2D eigenvalue weighted by molar-refractivity contribution is 0.263. The highest BCUT2D eigenvalue weighted by molar-refractivity contribution is 5.78. The van der Waals surface area contributed by atoms with Crippen molar-refractivity contribution in [1.82, 2.24) is 5.32 Å². The fourth-order valence-corrected chi connectivity index (χ4v) is 0.874. The molecule has 1 atom stereocenters. The lowest BCUT2D eigenvalue weighted by Crippen LogP contribution is -2.45. The van der Waals surface area contributed by atoms with Crippen molar-refractivity contribution in [1.29, 1.82) is 0 Å². The number of aliphatic hydroxyl groups excluding tert-OH is 1. The third kappa shape index (κ3) is 6.40. The van der Waals surface area contributed by atoms with Crippen molar-refractivity contribution in [2.24, 2.45) is 10.7 Å². The SMILES string of the molecule is CCC(CO)N=C(N)NC(C)(C)C. The molecule has 13 heavy (non-hydrogen) atoms. The lowest BCUT2D eigenvalue weighted by Gasteiger charge is -2.21. The van der Waals surface area contributed by atoms with Crippen molar-refractivity contribution in [3.05, 3.63) is 0 Å². The van der Waals surface area contributed by atoms with Gasteiger partial charge in [0.1, 0.15) is 0 Å². The molecule has 0 aliphatic rings. The molecule has 0 aromatic heterocycles. The largest absolute Gasteiger partial charge is 0.394 e. The maximum Gasteiger partial charge on any atom is 0.189 e. The predicted molar refractivity (Wildman–Crippen MR) is 55.7 cm³/mol. The Bertz CT molecular complexity index is 168. The lowest BCUT2D eigenvalue weighted by atomic mass is 10.1. The van der Waals surface area contributed by atoms with E-state index in [0.717, 1.165) is 6.42 Å². The first-order chi connectivity index (χ1) is 5.89. The summed E-state index contributed by atoms with van der Waals surface area (Å²) in [6, 6.07) is -0.0881. The molecule has 0 aromatic rings. The number of aliphatic imine (C=N–C) groups is 1. The summed E-state index contributed by atoms with van der Waals surface area (Å²) in [7, 11) is 0. The van der Waals surface area contributed by atoms with E-state index in [1.807, 2.05) is 27.7 Å². The Kier molecular flexibility index (Phi) is 4.77. The van der Waals surface area contributed by atoms with Crippen LogP contribution in [0.3, 0.4) is 0 Å². The summed E-state index contributed by atoms with van der Waals surface area (Å²) in [5.41, 5.74) is 5.56. The quantitative estimate of drug-likeness (QED) is 0.444. The Morgan fingerprint density at radius 1 is 1.54 bits per heavy atom. The summed E-state index contributed by atoms with van der Waals surface area (Å²) < 4.78 is 0. The zero-order valence-corrected chi connectivity index (χ0v) is 8.96. The van der Waals surface area contributed by atoms with Gasteiger partial charge >= 0.3 is 0 Å². The predicted octanol–water partition coefficient (Wildman–Crippen LogP) is 0.460. The first kappa shape index (κ1) is 12.2. The minimum Gasteiger partial charge on any atom is -0.394 e. The molecule has 4 N–H and O–H groups in total. The number of rotatable bonds is 3. The normalized spacial score (nSPS) is 15.6. The average Bonchev–Trinajstić information content (AvgIpc) is 1.96. The molecule has 0 aliphatic carbocycles. The van der Waals surface area contributed by atoms with E-state index in [4.69, 9.17) is 10.8 Å². The highest BCUT2D eigenvalue weighted by Gasteiger charge is 2.11. The van der Waals surface area contributed by atoms with Gasteiger partial charge in [0.2, 0.25) is 0 Å². The minimum absolute atomic E-state index is 0.0447. The third-order valence-corrected chi connectivity index (χ3v) is 1.51. The van der Waals surface area contributed by atoms with E-state index in [9.17, 15) is 0 Å². The Balaban J connectivity index is 4.15. The van der Waals surface area contributed by atoms with E-state index < -0.39 is 0 Å². The molecule has 0 fully saturated rings. The number of nitrogens with two attached hydrogens (primary N) is 1. The summed E-state index contributed by atoms with van der Waals surface area (Å²) >= 11 is 0. The van der Waals surface area contributed by atoms with Crippen LogP contribution in [0, 0.1) is 0 Å². The van der Waals surface area contributed by atoms with Gasteiger partial charge in [0, 0.05) is 5.54 Å². The van der Waals surface area contributed by atoms with Crippen LogP contribution in [-0.2, 0) is 0 Å². The van der Waals surface area contributed by atoms with Gasteiger partial charge in [-0.15, -0.1) is 0 Å². The van der Waals surface area contributed by atoms with Gasteiger partial charge in [-0.1, -0.05) is 6.92 Å². The number of guanidine groups is 1. The summed E-state index contributed by atoms with van der Waals surface area (Å²) in [6.07, 6.45) is 0.795. The Hall–Kier alpha value is -0.770. The van der Waals surface area contributed by atoms with Gasteiger partial charge in [-0.05, 0) is 27.2 Å². The van der Waals surface area contributed by atoms with E-state index in [1.54, 1.807) is 0 Å². The summed E-state index contributed by atoms with van der Waals surface area (Å²) in [6.45, 7) is 8.04. The minimum atomic E-state index is -0.0881. The van der Waals surface area contributed by atoms with Gasteiger partial charge in [-0.25, -0.2) is 4.99 Å². The fourth-order valence-electron chi connectivity index (χ4n) is 0.874. The Labute approximate surface area is 80.2 Å². The van der Waals surface area contributed by atoms with Crippen LogP contribution in [0.4, 0.5) is 0 Å². The molecular formula is C9H21N3O. The van der Waals surface area contributed by atoms with Crippen LogP contribution in [0.5, 0.6) is 0 Å². The van der Waals surface area contributed by atoms with Gasteiger partial charge in [-0.2, -0.15) is 0 Å². The summed E-state index contributed by atoms with van der Waals surface area (Å²) in [5, 5.41) is 11.9. The molecule has 0 heterocycles. The molecule has 1 unspecified atom stereocenters. The maximum absolute atomic E-state index is 8.88. The second-order valence-corrected chi connectivity index (χ2v) is 4.13. The van der Waals surface area contributed by atoms with Gasteiger partial charge in [0.05, 0.1) is 12.6 Å². The molecule has 4 heteroatoms. The van der Waals surface area contributed by atoms with Crippen LogP contribution in [0.1, 0.15) is 34.1 Å². The topological polar surface area (TPSA) is 70.6 Å². The van der Waals surface area contributed by atoms with E-state index >= 15 is 0 Å². The van der Waals surface area contributed by atoms with Crippen LogP contribution in [0.25, 0.3) is 0 Å². The van der Waals surface area contributed by atoms with E-state index in [0.29, 0.717) is 5.96 Å². The molecule has 78 valence electrons. The molecule has 0 aliphatic heterocycles. The molecule has 4 nitrogen and oxygen atoms in total. The van der Waals surface area contributed by atoms with Gasteiger partial charge in [-0.3, -0.25) is 0 Å². The van der Waals surface area contributed by atoms with Crippen LogP contribution in [-0.4, -0.2) is 29.3 Å². The summed E-state index contributed by atoms with van der Waals surface area (Å²) in [4.78, 5) is 4.13. The van der Waals surface area contributed by atoms with E-state index in [2.05, 4.69) is 10.3 Å². The van der Waals surface area contributed by atoms with Gasteiger partial charge < -0.3 is 16.2 Å². The summed E-state index contributed by atoms with van der Waals surface area (Å²) in [5.74, 6) is 0.397. The molecule has 0 amide bonds. The first-order valence-electron chi connectivity index (χ1n) is 4.61. The Morgan fingerprint density at radius 2 is 2.08 bits per heavy atom. The number of hydrogen-bond donors (Lipinski definition) is 3. The molecule has 0 aromatic carbocycles.